The van der Waals surface area contributed by atoms with Crippen molar-refractivity contribution in [2.24, 2.45) is 0 Å². The van der Waals surface area contributed by atoms with Gasteiger partial charge in [-0.1, -0.05) is 20.8 Å². The molecule has 0 bridgehead atoms. The maximum Gasteiger partial charge on any atom is 0.254 e. The molecule has 0 saturated heterocycles. The lowest BCUT2D eigenvalue weighted by atomic mass is 9.93. The van der Waals surface area contributed by atoms with Gasteiger partial charge in [0.05, 0.1) is 5.69 Å². The molecule has 0 aliphatic heterocycles. The minimum Gasteiger partial charge on any atom is -0.310 e. The first-order valence-corrected chi connectivity index (χ1v) is 5.61. The van der Waals surface area contributed by atoms with Crippen LogP contribution in [0.1, 0.15) is 50.7 Å². The smallest absolute Gasteiger partial charge is 0.254 e. The Kier molecular flexibility index (Phi) is 2.41. The molecule has 82 valence electrons. The highest BCUT2D eigenvalue weighted by atomic mass is 16.1. The Hall–Kier alpha value is -1.12. The van der Waals surface area contributed by atoms with Crippen LogP contribution in [0.3, 0.4) is 0 Å². The van der Waals surface area contributed by atoms with Gasteiger partial charge in [0.15, 0.2) is 0 Å². The summed E-state index contributed by atoms with van der Waals surface area (Å²) in [7, 11) is 0. The second kappa shape index (κ2) is 3.47. The normalized spacial score (nSPS) is 16.2. The van der Waals surface area contributed by atoms with E-state index in [0.29, 0.717) is 0 Å². The monoisotopic (exact) mass is 206 g/mol. The quantitative estimate of drug-likeness (QED) is 0.705. The lowest BCUT2D eigenvalue weighted by Gasteiger charge is -2.21. The number of aromatic amines is 1. The molecule has 3 heteroatoms. The standard InChI is InChI=1S/C12H18N2O/c1-12(2,3)11-13-9-7-5-4-6-8(9)10(15)14-11/h4-7H2,1-3H3,(H,13,14,15). The summed E-state index contributed by atoms with van der Waals surface area (Å²) in [6, 6.07) is 0. The molecular formula is C12H18N2O. The third kappa shape index (κ3) is 1.96. The fourth-order valence-corrected chi connectivity index (χ4v) is 1.96. The van der Waals surface area contributed by atoms with Gasteiger partial charge in [-0.05, 0) is 25.7 Å². The van der Waals surface area contributed by atoms with E-state index < -0.39 is 0 Å². The van der Waals surface area contributed by atoms with Crippen LogP contribution in [0, 0.1) is 0 Å². The number of nitrogens with zero attached hydrogens (tertiary/aromatic N) is 1. The number of hydrogen-bond acceptors (Lipinski definition) is 2. The molecule has 0 amide bonds. The maximum absolute atomic E-state index is 11.8. The van der Waals surface area contributed by atoms with E-state index in [-0.39, 0.29) is 11.0 Å². The molecule has 1 aliphatic rings. The van der Waals surface area contributed by atoms with Crippen LogP contribution >= 0.6 is 0 Å². The molecule has 1 aromatic rings. The first-order chi connectivity index (χ1) is 6.98. The van der Waals surface area contributed by atoms with E-state index >= 15 is 0 Å². The Morgan fingerprint density at radius 1 is 1.20 bits per heavy atom. The molecule has 1 heterocycles. The molecule has 0 aromatic carbocycles. The maximum atomic E-state index is 11.8. The molecule has 0 atom stereocenters. The Bertz CT molecular complexity index is 426. The number of nitrogens with one attached hydrogen (secondary N) is 1. The van der Waals surface area contributed by atoms with Crippen molar-refractivity contribution in [2.75, 3.05) is 0 Å². The highest BCUT2D eigenvalue weighted by Crippen LogP contribution is 2.21. The predicted molar refractivity (Wildman–Crippen MR) is 60.2 cm³/mol. The molecular weight excluding hydrogens is 188 g/mol. The van der Waals surface area contributed by atoms with Gasteiger partial charge < -0.3 is 4.98 Å². The second-order valence-electron chi connectivity index (χ2n) is 5.30. The Labute approximate surface area is 89.9 Å². The molecule has 1 aliphatic carbocycles. The van der Waals surface area contributed by atoms with E-state index in [4.69, 9.17) is 0 Å². The topological polar surface area (TPSA) is 45.8 Å². The Balaban J connectivity index is 2.55. The number of H-pyrrole nitrogens is 1. The van der Waals surface area contributed by atoms with Gasteiger partial charge in [-0.3, -0.25) is 4.79 Å². The van der Waals surface area contributed by atoms with Crippen molar-refractivity contribution in [3.63, 3.8) is 0 Å². The summed E-state index contributed by atoms with van der Waals surface area (Å²) in [6.07, 6.45) is 4.13. The number of aromatic nitrogens is 2. The van der Waals surface area contributed by atoms with Crippen LogP contribution in [-0.2, 0) is 18.3 Å². The molecule has 1 N–H and O–H groups in total. The number of hydrogen-bond donors (Lipinski definition) is 1. The fraction of sp³-hybridized carbons (Fsp3) is 0.667. The van der Waals surface area contributed by atoms with Crippen LogP contribution < -0.4 is 5.56 Å². The number of aryl methyl sites for hydroxylation is 1. The van der Waals surface area contributed by atoms with Crippen molar-refractivity contribution in [3.8, 4) is 0 Å². The van der Waals surface area contributed by atoms with Gasteiger partial charge in [-0.15, -0.1) is 0 Å². The number of rotatable bonds is 0. The molecule has 15 heavy (non-hydrogen) atoms. The summed E-state index contributed by atoms with van der Waals surface area (Å²) in [5, 5.41) is 0. The zero-order valence-corrected chi connectivity index (χ0v) is 9.68. The van der Waals surface area contributed by atoms with Crippen LogP contribution in [0.15, 0.2) is 4.79 Å². The minimum atomic E-state index is -0.0777. The van der Waals surface area contributed by atoms with Crippen molar-refractivity contribution in [1.82, 2.24) is 9.97 Å². The van der Waals surface area contributed by atoms with Crippen molar-refractivity contribution >= 4 is 0 Å². The average molecular weight is 206 g/mol. The summed E-state index contributed by atoms with van der Waals surface area (Å²) in [4.78, 5) is 19.3. The first kappa shape index (κ1) is 10.4. The van der Waals surface area contributed by atoms with E-state index in [2.05, 4.69) is 30.7 Å². The summed E-state index contributed by atoms with van der Waals surface area (Å²) >= 11 is 0. The average Bonchev–Trinajstić information content (AvgIpc) is 2.16. The lowest BCUT2D eigenvalue weighted by Crippen LogP contribution is -2.28. The zero-order chi connectivity index (χ0) is 11.1. The largest absolute Gasteiger partial charge is 0.310 e. The van der Waals surface area contributed by atoms with Gasteiger partial charge in [0.1, 0.15) is 5.82 Å². The Morgan fingerprint density at radius 2 is 1.87 bits per heavy atom. The molecule has 0 unspecified atom stereocenters. The molecule has 0 radical (unpaired) electrons. The van der Waals surface area contributed by atoms with Crippen molar-refractivity contribution < 1.29 is 0 Å². The zero-order valence-electron chi connectivity index (χ0n) is 9.68. The minimum absolute atomic E-state index is 0.0737. The van der Waals surface area contributed by atoms with Gasteiger partial charge in [-0.25, -0.2) is 4.98 Å². The lowest BCUT2D eigenvalue weighted by molar-refractivity contribution is 0.528. The van der Waals surface area contributed by atoms with Crippen LogP contribution in [-0.4, -0.2) is 9.97 Å². The molecule has 0 saturated carbocycles. The number of fused-ring (bicyclic) bond motifs is 1. The van der Waals surface area contributed by atoms with Gasteiger partial charge in [0.25, 0.3) is 5.56 Å². The predicted octanol–water partition coefficient (Wildman–Crippen LogP) is 1.95. The van der Waals surface area contributed by atoms with Gasteiger partial charge >= 0.3 is 0 Å². The van der Waals surface area contributed by atoms with Crippen LogP contribution in [0.25, 0.3) is 0 Å². The highest BCUT2D eigenvalue weighted by molar-refractivity contribution is 5.22. The van der Waals surface area contributed by atoms with E-state index in [1.807, 2.05) is 0 Å². The van der Waals surface area contributed by atoms with Gasteiger partial charge in [0, 0.05) is 11.0 Å². The van der Waals surface area contributed by atoms with E-state index in [9.17, 15) is 4.79 Å². The molecule has 3 nitrogen and oxygen atoms in total. The Morgan fingerprint density at radius 3 is 2.53 bits per heavy atom. The summed E-state index contributed by atoms with van der Waals surface area (Å²) in [6.45, 7) is 6.21. The summed E-state index contributed by atoms with van der Waals surface area (Å²) in [5.41, 5.74) is 1.93. The molecule has 0 spiro atoms. The van der Waals surface area contributed by atoms with Crippen LogP contribution in [0.2, 0.25) is 0 Å². The highest BCUT2D eigenvalue weighted by Gasteiger charge is 2.21. The van der Waals surface area contributed by atoms with Crippen molar-refractivity contribution in [1.29, 1.82) is 0 Å². The SMILES string of the molecule is CC(C)(C)c1nc2c(c(=O)[nH]1)CCCC2. The van der Waals surface area contributed by atoms with Gasteiger partial charge in [-0.2, -0.15) is 0 Å². The fourth-order valence-electron chi connectivity index (χ4n) is 1.96. The van der Waals surface area contributed by atoms with Crippen LogP contribution in [0.4, 0.5) is 0 Å². The summed E-state index contributed by atoms with van der Waals surface area (Å²) < 4.78 is 0. The third-order valence-corrected chi connectivity index (χ3v) is 2.90. The molecule has 0 fully saturated rings. The van der Waals surface area contributed by atoms with Crippen molar-refractivity contribution in [3.05, 3.63) is 27.4 Å². The third-order valence-electron chi connectivity index (χ3n) is 2.90. The second-order valence-corrected chi connectivity index (χ2v) is 5.30. The van der Waals surface area contributed by atoms with Gasteiger partial charge in [0.2, 0.25) is 0 Å². The molecule has 1 aromatic heterocycles. The molecule has 2 rings (SSSR count). The summed E-state index contributed by atoms with van der Waals surface area (Å²) in [5.74, 6) is 0.813. The first-order valence-electron chi connectivity index (χ1n) is 5.61. The van der Waals surface area contributed by atoms with E-state index in [0.717, 1.165) is 42.8 Å². The van der Waals surface area contributed by atoms with E-state index in [1.54, 1.807) is 0 Å². The van der Waals surface area contributed by atoms with Crippen LogP contribution in [0.5, 0.6) is 0 Å². The van der Waals surface area contributed by atoms with E-state index in [1.165, 1.54) is 0 Å². The van der Waals surface area contributed by atoms with Crippen molar-refractivity contribution in [2.45, 2.75) is 51.9 Å².